The molecule has 0 spiro atoms. The second-order valence-corrected chi connectivity index (χ2v) is 2.96. The van der Waals surface area contributed by atoms with E-state index >= 15 is 0 Å². The second kappa shape index (κ2) is 2.50. The van der Waals surface area contributed by atoms with Crippen LogP contribution < -0.4 is 11.1 Å². The highest BCUT2D eigenvalue weighted by Crippen LogP contribution is 2.06. The van der Waals surface area contributed by atoms with Gasteiger partial charge in [0.2, 0.25) is 0 Å². The molecule has 1 aliphatic rings. The highest BCUT2D eigenvalue weighted by atomic mass is 14.9. The van der Waals surface area contributed by atoms with E-state index in [-0.39, 0.29) is 5.54 Å². The highest BCUT2D eigenvalue weighted by molar-refractivity contribution is 4.97. The van der Waals surface area contributed by atoms with Gasteiger partial charge in [-0.25, -0.2) is 0 Å². The Morgan fingerprint density at radius 1 is 1.56 bits per heavy atom. The van der Waals surface area contributed by atoms with Crippen LogP contribution in [0.3, 0.4) is 0 Å². The molecule has 0 radical (unpaired) electrons. The lowest BCUT2D eigenvalue weighted by Gasteiger charge is -2.20. The summed E-state index contributed by atoms with van der Waals surface area (Å²) in [7, 11) is 0. The van der Waals surface area contributed by atoms with E-state index in [0.29, 0.717) is 0 Å². The van der Waals surface area contributed by atoms with E-state index in [0.717, 1.165) is 19.5 Å². The lowest BCUT2D eigenvalue weighted by molar-refractivity contribution is 0.453. The molecule has 0 aromatic carbocycles. The van der Waals surface area contributed by atoms with Gasteiger partial charge >= 0.3 is 0 Å². The van der Waals surface area contributed by atoms with E-state index in [9.17, 15) is 0 Å². The smallest absolute Gasteiger partial charge is 0.0287 e. The van der Waals surface area contributed by atoms with Gasteiger partial charge in [0.15, 0.2) is 0 Å². The molecule has 1 heterocycles. The van der Waals surface area contributed by atoms with Crippen molar-refractivity contribution in [1.29, 1.82) is 0 Å². The Labute approximate surface area is 56.1 Å². The summed E-state index contributed by atoms with van der Waals surface area (Å²) in [6.45, 7) is 3.95. The molecule has 2 nitrogen and oxygen atoms in total. The lowest BCUT2D eigenvalue weighted by Crippen LogP contribution is -2.44. The molecule has 1 atom stereocenters. The molecule has 0 saturated carbocycles. The molecule has 0 bridgehead atoms. The molecule has 52 valence electrons. The zero-order valence-electron chi connectivity index (χ0n) is 5.85. The van der Waals surface area contributed by atoms with Gasteiger partial charge in [0.25, 0.3) is 0 Å². The van der Waals surface area contributed by atoms with Gasteiger partial charge in [-0.2, -0.15) is 0 Å². The molecule has 1 aliphatic heterocycles. The van der Waals surface area contributed by atoms with Gasteiger partial charge in [-0.05, 0) is 13.3 Å². The van der Waals surface area contributed by atoms with Crippen LogP contribution in [0, 0.1) is 0 Å². The summed E-state index contributed by atoms with van der Waals surface area (Å²) in [5.74, 6) is 0. The fourth-order valence-corrected chi connectivity index (χ4v) is 0.949. The fraction of sp³-hybridized carbons (Fsp3) is 0.714. The van der Waals surface area contributed by atoms with Crippen molar-refractivity contribution < 1.29 is 0 Å². The van der Waals surface area contributed by atoms with Crippen LogP contribution in [0.4, 0.5) is 0 Å². The molecule has 3 N–H and O–H groups in total. The molecule has 0 aromatic heterocycles. The molecular weight excluding hydrogens is 112 g/mol. The molecule has 0 aliphatic carbocycles. The molecule has 2 heteroatoms. The Morgan fingerprint density at radius 2 is 2.33 bits per heavy atom. The zero-order chi connectivity index (χ0) is 6.74. The summed E-state index contributed by atoms with van der Waals surface area (Å²) in [5.41, 5.74) is 5.83. The fourth-order valence-electron chi connectivity index (χ4n) is 0.949. The number of hydrogen-bond acceptors (Lipinski definition) is 2. The second-order valence-electron chi connectivity index (χ2n) is 2.96. The van der Waals surface area contributed by atoms with Crippen molar-refractivity contribution in [3.05, 3.63) is 12.2 Å². The van der Waals surface area contributed by atoms with E-state index in [4.69, 9.17) is 5.73 Å². The van der Waals surface area contributed by atoms with Crippen molar-refractivity contribution in [1.82, 2.24) is 5.32 Å². The van der Waals surface area contributed by atoms with Crippen LogP contribution in [0.1, 0.15) is 13.3 Å². The average Bonchev–Trinajstić information content (AvgIpc) is 1.92. The minimum Gasteiger partial charge on any atom is -0.324 e. The van der Waals surface area contributed by atoms with E-state index in [1.165, 1.54) is 0 Å². The van der Waals surface area contributed by atoms with Crippen LogP contribution in [0.25, 0.3) is 0 Å². The number of nitrogens with one attached hydrogen (secondary N) is 1. The predicted molar refractivity (Wildman–Crippen MR) is 39.2 cm³/mol. The Morgan fingerprint density at radius 3 is 3.11 bits per heavy atom. The molecule has 0 saturated heterocycles. The zero-order valence-corrected chi connectivity index (χ0v) is 5.85. The predicted octanol–water partition coefficient (Wildman–Crippen LogP) is 0.253. The van der Waals surface area contributed by atoms with Crippen molar-refractivity contribution in [3.63, 3.8) is 0 Å². The Bertz CT molecular complexity index is 116. The largest absolute Gasteiger partial charge is 0.324 e. The number of nitrogens with two attached hydrogens (primary N) is 1. The molecule has 9 heavy (non-hydrogen) atoms. The quantitative estimate of drug-likeness (QED) is 0.457. The van der Waals surface area contributed by atoms with Crippen LogP contribution in [0.15, 0.2) is 12.2 Å². The first kappa shape index (κ1) is 6.78. The van der Waals surface area contributed by atoms with E-state index in [1.807, 2.05) is 0 Å². The normalized spacial score (nSPS) is 36.2. The molecule has 0 aromatic rings. The molecule has 1 unspecified atom stereocenters. The molecular formula is C7H14N2. The first-order chi connectivity index (χ1) is 4.21. The van der Waals surface area contributed by atoms with E-state index in [1.54, 1.807) is 0 Å². The van der Waals surface area contributed by atoms with Crippen LogP contribution in [-0.4, -0.2) is 18.6 Å². The summed E-state index contributed by atoms with van der Waals surface area (Å²) < 4.78 is 0. The lowest BCUT2D eigenvalue weighted by atomic mass is 10.0. The average molecular weight is 126 g/mol. The highest BCUT2D eigenvalue weighted by Gasteiger charge is 2.16. The van der Waals surface area contributed by atoms with Crippen molar-refractivity contribution in [2.24, 2.45) is 5.73 Å². The first-order valence-electron chi connectivity index (χ1n) is 3.35. The summed E-state index contributed by atoms with van der Waals surface area (Å²) in [5, 5.41) is 3.23. The summed E-state index contributed by atoms with van der Waals surface area (Å²) in [4.78, 5) is 0. The summed E-state index contributed by atoms with van der Waals surface area (Å²) >= 11 is 0. The standard InChI is InChI=1S/C7H14N2/c1-7(8)4-2-3-5-9-6-7/h2-3,9H,4-6,8H2,1H3. The van der Waals surface area contributed by atoms with E-state index in [2.05, 4.69) is 24.4 Å². The Kier molecular flexibility index (Phi) is 1.88. The van der Waals surface area contributed by atoms with Crippen LogP contribution in [0.5, 0.6) is 0 Å². The monoisotopic (exact) mass is 126 g/mol. The van der Waals surface area contributed by atoms with Crippen LogP contribution >= 0.6 is 0 Å². The van der Waals surface area contributed by atoms with Gasteiger partial charge in [0, 0.05) is 18.6 Å². The number of rotatable bonds is 0. The minimum absolute atomic E-state index is 0.0347. The van der Waals surface area contributed by atoms with Gasteiger partial charge in [-0.1, -0.05) is 12.2 Å². The van der Waals surface area contributed by atoms with Gasteiger partial charge in [0.1, 0.15) is 0 Å². The van der Waals surface area contributed by atoms with Gasteiger partial charge in [-0.15, -0.1) is 0 Å². The Hall–Kier alpha value is -0.340. The van der Waals surface area contributed by atoms with Crippen molar-refractivity contribution in [2.45, 2.75) is 18.9 Å². The SMILES string of the molecule is CC1(N)CC=CCNC1. The maximum absolute atomic E-state index is 5.86. The Balaban J connectivity index is 2.48. The third kappa shape index (κ3) is 2.16. The topological polar surface area (TPSA) is 38.0 Å². The van der Waals surface area contributed by atoms with Crippen molar-refractivity contribution in [2.75, 3.05) is 13.1 Å². The van der Waals surface area contributed by atoms with Crippen LogP contribution in [-0.2, 0) is 0 Å². The summed E-state index contributed by atoms with van der Waals surface area (Å²) in [6.07, 6.45) is 5.25. The third-order valence-electron chi connectivity index (χ3n) is 1.54. The van der Waals surface area contributed by atoms with Gasteiger partial charge < -0.3 is 11.1 Å². The molecule has 1 rings (SSSR count). The molecule has 0 fully saturated rings. The summed E-state index contributed by atoms with van der Waals surface area (Å²) in [6, 6.07) is 0. The first-order valence-corrected chi connectivity index (χ1v) is 3.35. The maximum atomic E-state index is 5.86. The van der Waals surface area contributed by atoms with E-state index < -0.39 is 0 Å². The minimum atomic E-state index is -0.0347. The van der Waals surface area contributed by atoms with Gasteiger partial charge in [0.05, 0.1) is 0 Å². The maximum Gasteiger partial charge on any atom is 0.0287 e. The number of hydrogen-bond donors (Lipinski definition) is 2. The van der Waals surface area contributed by atoms with Crippen LogP contribution in [0.2, 0.25) is 0 Å². The van der Waals surface area contributed by atoms with Crippen molar-refractivity contribution >= 4 is 0 Å². The third-order valence-corrected chi connectivity index (χ3v) is 1.54. The van der Waals surface area contributed by atoms with Gasteiger partial charge in [-0.3, -0.25) is 0 Å². The molecule has 0 amide bonds. The van der Waals surface area contributed by atoms with Crippen molar-refractivity contribution in [3.8, 4) is 0 Å².